The van der Waals surface area contributed by atoms with E-state index in [-0.39, 0.29) is 6.04 Å². The van der Waals surface area contributed by atoms with Crippen LogP contribution in [0.2, 0.25) is 0 Å². The van der Waals surface area contributed by atoms with E-state index in [0.717, 1.165) is 18.7 Å². The number of nitrogens with zero attached hydrogens (tertiary/aromatic N) is 2. The molecule has 1 N–H and O–H groups in total. The molecule has 0 saturated heterocycles. The summed E-state index contributed by atoms with van der Waals surface area (Å²) in [6.07, 6.45) is 0. The lowest BCUT2D eigenvalue weighted by Gasteiger charge is -2.15. The number of hydrogen-bond donors (Lipinski definition) is 1. The van der Waals surface area contributed by atoms with Crippen LogP contribution in [0, 0.1) is 25.2 Å². The van der Waals surface area contributed by atoms with E-state index in [1.165, 1.54) is 11.1 Å². The molecule has 0 heterocycles. The number of aryl methyl sites for hydroxylation is 2. The fourth-order valence-electron chi connectivity index (χ4n) is 1.85. The quantitative estimate of drug-likeness (QED) is 0.842. The van der Waals surface area contributed by atoms with Crippen LogP contribution in [0.25, 0.3) is 0 Å². The maximum absolute atomic E-state index is 9.20. The summed E-state index contributed by atoms with van der Waals surface area (Å²) in [4.78, 5) is 2.10. The van der Waals surface area contributed by atoms with Crippen molar-refractivity contribution in [2.75, 3.05) is 27.2 Å². The van der Waals surface area contributed by atoms with Crippen LogP contribution in [0.15, 0.2) is 18.2 Å². The zero-order valence-electron chi connectivity index (χ0n) is 11.1. The van der Waals surface area contributed by atoms with Gasteiger partial charge >= 0.3 is 0 Å². The van der Waals surface area contributed by atoms with Crippen molar-refractivity contribution in [3.05, 3.63) is 34.9 Å². The SMILES string of the molecule is Cc1cc(C)cc(C(C#N)NCCN(C)C)c1. The summed E-state index contributed by atoms with van der Waals surface area (Å²) in [5, 5.41) is 12.5. The monoisotopic (exact) mass is 231 g/mol. The molecule has 0 fully saturated rings. The number of rotatable bonds is 5. The lowest BCUT2D eigenvalue weighted by Crippen LogP contribution is -2.29. The molecule has 1 atom stereocenters. The normalized spacial score (nSPS) is 12.5. The Morgan fingerprint density at radius 1 is 1.24 bits per heavy atom. The Morgan fingerprint density at radius 3 is 2.29 bits per heavy atom. The second kappa shape index (κ2) is 6.39. The van der Waals surface area contributed by atoms with E-state index in [0.29, 0.717) is 0 Å². The summed E-state index contributed by atoms with van der Waals surface area (Å²) in [7, 11) is 4.06. The van der Waals surface area contributed by atoms with Gasteiger partial charge in [-0.15, -0.1) is 0 Å². The van der Waals surface area contributed by atoms with Crippen molar-refractivity contribution in [3.8, 4) is 6.07 Å². The van der Waals surface area contributed by atoms with Crippen molar-refractivity contribution >= 4 is 0 Å². The van der Waals surface area contributed by atoms with Crippen molar-refractivity contribution in [3.63, 3.8) is 0 Å². The summed E-state index contributed by atoms with van der Waals surface area (Å²) < 4.78 is 0. The third-order valence-electron chi connectivity index (χ3n) is 2.61. The molecule has 1 unspecified atom stereocenters. The van der Waals surface area contributed by atoms with Gasteiger partial charge in [0, 0.05) is 13.1 Å². The highest BCUT2D eigenvalue weighted by molar-refractivity contribution is 5.33. The van der Waals surface area contributed by atoms with Crippen LogP contribution in [-0.2, 0) is 0 Å². The van der Waals surface area contributed by atoms with Crippen LogP contribution in [0.5, 0.6) is 0 Å². The first-order valence-electron chi connectivity index (χ1n) is 5.89. The number of benzene rings is 1. The Morgan fingerprint density at radius 2 is 1.82 bits per heavy atom. The van der Waals surface area contributed by atoms with Crippen LogP contribution in [0.1, 0.15) is 22.7 Å². The first-order valence-corrected chi connectivity index (χ1v) is 5.89. The molecule has 92 valence electrons. The van der Waals surface area contributed by atoms with E-state index in [2.05, 4.69) is 48.3 Å². The molecule has 0 saturated carbocycles. The first kappa shape index (κ1) is 13.7. The van der Waals surface area contributed by atoms with Crippen molar-refractivity contribution in [1.82, 2.24) is 10.2 Å². The molecule has 0 aliphatic rings. The van der Waals surface area contributed by atoms with Gasteiger partial charge in [0.05, 0.1) is 6.07 Å². The second-order valence-electron chi connectivity index (χ2n) is 4.74. The molecule has 0 amide bonds. The highest BCUT2D eigenvalue weighted by atomic mass is 15.1. The van der Waals surface area contributed by atoms with Crippen molar-refractivity contribution < 1.29 is 0 Å². The molecule has 0 aliphatic heterocycles. The summed E-state index contributed by atoms with van der Waals surface area (Å²) in [6.45, 7) is 5.87. The highest BCUT2D eigenvalue weighted by Gasteiger charge is 2.10. The topological polar surface area (TPSA) is 39.1 Å². The van der Waals surface area contributed by atoms with Gasteiger partial charge in [0.1, 0.15) is 6.04 Å². The van der Waals surface area contributed by atoms with E-state index >= 15 is 0 Å². The van der Waals surface area contributed by atoms with Crippen molar-refractivity contribution in [1.29, 1.82) is 5.26 Å². The summed E-state index contributed by atoms with van der Waals surface area (Å²) in [5.74, 6) is 0. The summed E-state index contributed by atoms with van der Waals surface area (Å²) in [6, 6.07) is 8.37. The van der Waals surface area contributed by atoms with Gasteiger partial charge in [0.25, 0.3) is 0 Å². The minimum atomic E-state index is -0.214. The fourth-order valence-corrected chi connectivity index (χ4v) is 1.85. The Bertz CT molecular complexity index is 384. The number of hydrogen-bond acceptors (Lipinski definition) is 3. The Kier molecular flexibility index (Phi) is 5.14. The van der Waals surface area contributed by atoms with Crippen LogP contribution in [0.3, 0.4) is 0 Å². The maximum atomic E-state index is 9.20. The molecule has 1 aromatic rings. The van der Waals surface area contributed by atoms with Crippen molar-refractivity contribution in [2.45, 2.75) is 19.9 Å². The van der Waals surface area contributed by atoms with Gasteiger partial charge in [-0.2, -0.15) is 5.26 Å². The smallest absolute Gasteiger partial charge is 0.121 e. The van der Waals surface area contributed by atoms with Crippen molar-refractivity contribution in [2.24, 2.45) is 0 Å². The van der Waals surface area contributed by atoms with E-state index < -0.39 is 0 Å². The molecule has 0 spiro atoms. The van der Waals surface area contributed by atoms with Gasteiger partial charge in [-0.3, -0.25) is 5.32 Å². The van der Waals surface area contributed by atoms with Gasteiger partial charge in [0.2, 0.25) is 0 Å². The minimum absolute atomic E-state index is 0.214. The average molecular weight is 231 g/mol. The molecular formula is C14H21N3. The van der Waals surface area contributed by atoms with Crippen LogP contribution in [-0.4, -0.2) is 32.1 Å². The molecular weight excluding hydrogens is 210 g/mol. The van der Waals surface area contributed by atoms with Gasteiger partial charge in [-0.05, 0) is 33.5 Å². The van der Waals surface area contributed by atoms with Gasteiger partial charge < -0.3 is 4.90 Å². The largest absolute Gasteiger partial charge is 0.308 e. The zero-order chi connectivity index (χ0) is 12.8. The van der Waals surface area contributed by atoms with E-state index in [1.54, 1.807) is 0 Å². The molecule has 17 heavy (non-hydrogen) atoms. The molecule has 3 heteroatoms. The lowest BCUT2D eigenvalue weighted by atomic mass is 10.0. The molecule has 1 aromatic carbocycles. The highest BCUT2D eigenvalue weighted by Crippen LogP contribution is 2.16. The van der Waals surface area contributed by atoms with E-state index in [9.17, 15) is 5.26 Å². The number of likely N-dealkylation sites (N-methyl/N-ethyl adjacent to an activating group) is 1. The molecule has 0 bridgehead atoms. The molecule has 3 nitrogen and oxygen atoms in total. The Hall–Kier alpha value is -1.37. The van der Waals surface area contributed by atoms with Crippen LogP contribution >= 0.6 is 0 Å². The summed E-state index contributed by atoms with van der Waals surface area (Å²) in [5.41, 5.74) is 3.47. The van der Waals surface area contributed by atoms with Gasteiger partial charge in [-0.25, -0.2) is 0 Å². The second-order valence-corrected chi connectivity index (χ2v) is 4.74. The molecule has 0 aliphatic carbocycles. The van der Waals surface area contributed by atoms with Crippen LogP contribution < -0.4 is 5.32 Å². The zero-order valence-corrected chi connectivity index (χ0v) is 11.1. The number of nitriles is 1. The van der Waals surface area contributed by atoms with Gasteiger partial charge in [-0.1, -0.05) is 29.3 Å². The predicted octanol–water partition coefficient (Wildman–Crippen LogP) is 2.02. The third-order valence-corrected chi connectivity index (χ3v) is 2.61. The number of nitrogens with one attached hydrogen (secondary N) is 1. The third kappa shape index (κ3) is 4.56. The predicted molar refractivity (Wildman–Crippen MR) is 70.8 cm³/mol. The lowest BCUT2D eigenvalue weighted by molar-refractivity contribution is 0.395. The first-order chi connectivity index (χ1) is 8.02. The minimum Gasteiger partial charge on any atom is -0.308 e. The fraction of sp³-hybridized carbons (Fsp3) is 0.500. The Labute approximate surface area is 104 Å². The average Bonchev–Trinajstić information content (AvgIpc) is 2.22. The maximum Gasteiger partial charge on any atom is 0.121 e. The van der Waals surface area contributed by atoms with Crippen LogP contribution in [0.4, 0.5) is 0 Å². The standard InChI is InChI=1S/C14H21N3/c1-11-7-12(2)9-13(8-11)14(10-15)16-5-6-17(3)4/h7-9,14,16H,5-6H2,1-4H3. The van der Waals surface area contributed by atoms with E-state index in [4.69, 9.17) is 0 Å². The molecule has 0 aromatic heterocycles. The Balaban J connectivity index is 2.70. The molecule has 1 rings (SSSR count). The van der Waals surface area contributed by atoms with Gasteiger partial charge in [0.15, 0.2) is 0 Å². The van der Waals surface area contributed by atoms with E-state index in [1.807, 2.05) is 14.1 Å². The molecule has 0 radical (unpaired) electrons. The summed E-state index contributed by atoms with van der Waals surface area (Å²) >= 11 is 0.